The molecule has 0 fully saturated rings. The Hall–Kier alpha value is -3.18. The number of hydrogen-bond donors (Lipinski definition) is 1. The molecule has 32 heavy (non-hydrogen) atoms. The quantitative estimate of drug-likeness (QED) is 0.516. The Morgan fingerprint density at radius 1 is 1.03 bits per heavy atom. The van der Waals surface area contributed by atoms with E-state index in [0.717, 1.165) is 29.2 Å². The van der Waals surface area contributed by atoms with E-state index in [4.69, 9.17) is 4.74 Å². The van der Waals surface area contributed by atoms with Crippen LogP contribution in [0.5, 0.6) is 0 Å². The highest BCUT2D eigenvalue weighted by Crippen LogP contribution is 2.28. The van der Waals surface area contributed by atoms with Crippen LogP contribution in [-0.2, 0) is 20.7 Å². The van der Waals surface area contributed by atoms with E-state index in [2.05, 4.69) is 67.7 Å². The molecule has 168 valence electrons. The molecule has 0 aliphatic carbocycles. The van der Waals surface area contributed by atoms with E-state index in [1.165, 1.54) is 18.2 Å². The molecule has 3 aromatic carbocycles. The summed E-state index contributed by atoms with van der Waals surface area (Å²) < 4.78 is 4.85. The van der Waals surface area contributed by atoms with E-state index in [9.17, 15) is 9.59 Å². The molecule has 0 saturated carbocycles. The molecule has 1 atom stereocenters. The molecule has 3 rings (SSSR count). The van der Waals surface area contributed by atoms with E-state index in [0.29, 0.717) is 6.54 Å². The summed E-state index contributed by atoms with van der Waals surface area (Å²) in [5.74, 6) is -0.391. The molecule has 0 aromatic heterocycles. The highest BCUT2D eigenvalue weighted by atomic mass is 16.5. The number of benzene rings is 3. The first kappa shape index (κ1) is 23.5. The Kier molecular flexibility index (Phi) is 8.40. The lowest BCUT2D eigenvalue weighted by molar-refractivity contribution is -0.135. The van der Waals surface area contributed by atoms with Gasteiger partial charge in [-0.15, -0.1) is 0 Å². The summed E-state index contributed by atoms with van der Waals surface area (Å²) in [5.41, 5.74) is 3.61. The number of hydrogen-bond acceptors (Lipinski definition) is 3. The summed E-state index contributed by atoms with van der Waals surface area (Å²) in [7, 11) is 1.46. The van der Waals surface area contributed by atoms with Crippen molar-refractivity contribution >= 4 is 22.6 Å². The Morgan fingerprint density at radius 3 is 2.56 bits per heavy atom. The van der Waals surface area contributed by atoms with Crippen molar-refractivity contribution in [2.24, 2.45) is 0 Å². The second-order valence-corrected chi connectivity index (χ2v) is 8.13. The predicted molar refractivity (Wildman–Crippen MR) is 128 cm³/mol. The Morgan fingerprint density at radius 2 is 1.78 bits per heavy atom. The van der Waals surface area contributed by atoms with Crippen LogP contribution in [0.3, 0.4) is 0 Å². The van der Waals surface area contributed by atoms with Gasteiger partial charge >= 0.3 is 0 Å². The van der Waals surface area contributed by atoms with Gasteiger partial charge < -0.3 is 15.0 Å². The fourth-order valence-electron chi connectivity index (χ4n) is 4.10. The number of carbonyl (C=O) groups is 2. The van der Waals surface area contributed by atoms with Crippen molar-refractivity contribution in [2.75, 3.05) is 26.8 Å². The van der Waals surface area contributed by atoms with Gasteiger partial charge in [0.15, 0.2) is 0 Å². The molecule has 0 unspecified atom stereocenters. The molecule has 0 aliphatic rings. The van der Waals surface area contributed by atoms with Gasteiger partial charge in [0.25, 0.3) is 0 Å². The number of fused-ring (bicyclic) bond motifs is 1. The fourth-order valence-corrected chi connectivity index (χ4v) is 4.10. The molecular weight excluding hydrogens is 400 g/mol. The number of aryl methyl sites for hydroxylation is 2. The van der Waals surface area contributed by atoms with Gasteiger partial charge in [-0.1, -0.05) is 72.3 Å². The van der Waals surface area contributed by atoms with Crippen LogP contribution in [-0.4, -0.2) is 43.5 Å². The number of rotatable bonds is 10. The van der Waals surface area contributed by atoms with E-state index in [1.807, 2.05) is 23.1 Å². The zero-order chi connectivity index (χ0) is 22.9. The first-order valence-corrected chi connectivity index (χ1v) is 11.1. The Balaban J connectivity index is 1.78. The third kappa shape index (κ3) is 6.17. The van der Waals surface area contributed by atoms with Crippen molar-refractivity contribution in [3.05, 3.63) is 83.4 Å². The average Bonchev–Trinajstić information content (AvgIpc) is 2.80. The van der Waals surface area contributed by atoms with Crippen LogP contribution in [0.1, 0.15) is 36.1 Å². The highest BCUT2D eigenvalue weighted by molar-refractivity contribution is 5.88. The maximum absolute atomic E-state index is 13.2. The van der Waals surface area contributed by atoms with Crippen molar-refractivity contribution in [2.45, 2.75) is 32.7 Å². The van der Waals surface area contributed by atoms with Gasteiger partial charge in [-0.2, -0.15) is 0 Å². The van der Waals surface area contributed by atoms with Crippen molar-refractivity contribution in [1.29, 1.82) is 0 Å². The van der Waals surface area contributed by atoms with Gasteiger partial charge in [0.1, 0.15) is 6.61 Å². The molecule has 0 saturated heterocycles. The third-order valence-corrected chi connectivity index (χ3v) is 5.72. The lowest BCUT2D eigenvalue weighted by atomic mass is 9.98. The van der Waals surface area contributed by atoms with Crippen molar-refractivity contribution in [3.63, 3.8) is 0 Å². The zero-order valence-corrected chi connectivity index (χ0v) is 19.1. The van der Waals surface area contributed by atoms with Gasteiger partial charge in [-0.05, 0) is 48.6 Å². The summed E-state index contributed by atoms with van der Waals surface area (Å²) in [6.45, 7) is 4.66. The summed E-state index contributed by atoms with van der Waals surface area (Å²) in [4.78, 5) is 26.9. The van der Waals surface area contributed by atoms with Crippen LogP contribution < -0.4 is 5.32 Å². The first-order valence-electron chi connectivity index (χ1n) is 11.1. The Bertz CT molecular complexity index is 1060. The van der Waals surface area contributed by atoms with Gasteiger partial charge in [0.2, 0.25) is 11.8 Å². The topological polar surface area (TPSA) is 58.6 Å². The van der Waals surface area contributed by atoms with Crippen molar-refractivity contribution in [3.8, 4) is 0 Å². The Labute approximate surface area is 190 Å². The number of amides is 2. The second-order valence-electron chi connectivity index (χ2n) is 8.13. The second kappa shape index (κ2) is 11.4. The van der Waals surface area contributed by atoms with Gasteiger partial charge in [0.05, 0.1) is 12.6 Å². The van der Waals surface area contributed by atoms with Crippen LogP contribution >= 0.6 is 0 Å². The largest absolute Gasteiger partial charge is 0.375 e. The molecule has 0 aliphatic heterocycles. The summed E-state index contributed by atoms with van der Waals surface area (Å²) >= 11 is 0. The maximum Gasteiger partial charge on any atom is 0.246 e. The molecule has 5 nitrogen and oxygen atoms in total. The fraction of sp³-hybridized carbons (Fsp3) is 0.333. The number of methoxy groups -OCH3 is 1. The molecule has 3 aromatic rings. The standard InChI is InChI=1S/C27H32N2O3/c1-20-9-6-10-22(17-20)11-8-16-29(27(31)18-28-26(30)19-32-3)21(2)24-15-7-13-23-12-4-5-14-25(23)24/h4-7,9-10,12-15,17,21H,8,11,16,18-19H2,1-3H3,(H,28,30)/t21-/m1/s1. The summed E-state index contributed by atoms with van der Waals surface area (Å²) in [6.07, 6.45) is 1.74. The van der Waals surface area contributed by atoms with Crippen LogP contribution in [0.2, 0.25) is 0 Å². The summed E-state index contributed by atoms with van der Waals surface area (Å²) in [5, 5.41) is 4.96. The molecule has 0 spiro atoms. The minimum absolute atomic E-state index is 0.0399. The lowest BCUT2D eigenvalue weighted by Crippen LogP contribution is -2.42. The highest BCUT2D eigenvalue weighted by Gasteiger charge is 2.23. The SMILES string of the molecule is COCC(=O)NCC(=O)N(CCCc1cccc(C)c1)[C@H](C)c1cccc2ccccc12. The van der Waals surface area contributed by atoms with Gasteiger partial charge in [0, 0.05) is 13.7 Å². The number of nitrogens with one attached hydrogen (secondary N) is 1. The van der Waals surface area contributed by atoms with E-state index >= 15 is 0 Å². The van der Waals surface area contributed by atoms with E-state index < -0.39 is 0 Å². The lowest BCUT2D eigenvalue weighted by Gasteiger charge is -2.31. The molecule has 1 N–H and O–H groups in total. The molecule has 2 amide bonds. The monoisotopic (exact) mass is 432 g/mol. The smallest absolute Gasteiger partial charge is 0.246 e. The molecular formula is C27H32N2O3. The first-order chi connectivity index (χ1) is 15.5. The van der Waals surface area contributed by atoms with E-state index in [-0.39, 0.29) is 31.0 Å². The summed E-state index contributed by atoms with van der Waals surface area (Å²) in [6, 6.07) is 22.8. The molecule has 0 bridgehead atoms. The van der Waals surface area contributed by atoms with E-state index in [1.54, 1.807) is 0 Å². The number of nitrogens with zero attached hydrogens (tertiary/aromatic N) is 1. The minimum Gasteiger partial charge on any atom is -0.375 e. The van der Waals surface area contributed by atoms with Crippen molar-refractivity contribution < 1.29 is 14.3 Å². The minimum atomic E-state index is -0.293. The predicted octanol–water partition coefficient (Wildman–Crippen LogP) is 4.43. The third-order valence-electron chi connectivity index (χ3n) is 5.72. The van der Waals surface area contributed by atoms with Crippen LogP contribution in [0.4, 0.5) is 0 Å². The molecule has 0 heterocycles. The number of ether oxygens (including phenoxy) is 1. The number of carbonyl (C=O) groups excluding carboxylic acids is 2. The van der Waals surface area contributed by atoms with Crippen LogP contribution in [0, 0.1) is 6.92 Å². The molecule has 5 heteroatoms. The van der Waals surface area contributed by atoms with Gasteiger partial charge in [-0.3, -0.25) is 9.59 Å². The normalized spacial score (nSPS) is 11.8. The van der Waals surface area contributed by atoms with Crippen LogP contribution in [0.15, 0.2) is 66.7 Å². The zero-order valence-electron chi connectivity index (χ0n) is 19.1. The average molecular weight is 433 g/mol. The van der Waals surface area contributed by atoms with Crippen LogP contribution in [0.25, 0.3) is 10.8 Å². The molecule has 0 radical (unpaired) electrons. The van der Waals surface area contributed by atoms with Gasteiger partial charge in [-0.25, -0.2) is 0 Å². The maximum atomic E-state index is 13.2. The van der Waals surface area contributed by atoms with Crippen molar-refractivity contribution in [1.82, 2.24) is 10.2 Å².